The van der Waals surface area contributed by atoms with Crippen molar-refractivity contribution >= 4 is 56.8 Å². The van der Waals surface area contributed by atoms with Gasteiger partial charge in [-0.05, 0) is 52.1 Å². The summed E-state index contributed by atoms with van der Waals surface area (Å²) in [4.78, 5) is 28.6. The number of nitrogens with zero attached hydrogens (tertiary/aromatic N) is 3. The number of allylic oxidation sites excluding steroid dienone is 1. The lowest BCUT2D eigenvalue weighted by molar-refractivity contribution is -0.117. The van der Waals surface area contributed by atoms with E-state index in [1.807, 2.05) is 72.8 Å². The van der Waals surface area contributed by atoms with Crippen LogP contribution in [0.3, 0.4) is 0 Å². The number of ether oxygens (including phenoxy) is 1. The fraction of sp³-hybridized carbons (Fsp3) is 0.167. The van der Waals surface area contributed by atoms with Crippen molar-refractivity contribution in [3.05, 3.63) is 131 Å². The van der Waals surface area contributed by atoms with Gasteiger partial charge in [0.25, 0.3) is 5.91 Å². The highest BCUT2D eigenvalue weighted by Gasteiger charge is 2.45. The van der Waals surface area contributed by atoms with E-state index in [-0.39, 0.29) is 5.57 Å². The minimum Gasteiger partial charge on any atom is -0.503 e. The van der Waals surface area contributed by atoms with E-state index in [1.165, 1.54) is 50.4 Å². The molecule has 0 spiro atoms. The monoisotopic (exact) mass is 633 g/mol. The number of carbonyl (C=O) groups is 2. The Bertz CT molecular complexity index is 1880. The van der Waals surface area contributed by atoms with Gasteiger partial charge in [-0.2, -0.15) is 0 Å². The number of unbranched alkanes of at least 4 members (excludes halogenated alkanes) is 1. The zero-order chi connectivity index (χ0) is 31.2. The summed E-state index contributed by atoms with van der Waals surface area (Å²) < 4.78 is 6.50. The molecule has 1 unspecified atom stereocenters. The van der Waals surface area contributed by atoms with Crippen molar-refractivity contribution < 1.29 is 19.4 Å². The minimum atomic E-state index is -0.890. The number of carbonyl (C=O) groups excluding carboxylic acids is 2. The third-order valence-corrected chi connectivity index (χ3v) is 9.60. The highest BCUT2D eigenvalue weighted by atomic mass is 32.2. The Balaban J connectivity index is 1.29. The Morgan fingerprint density at radius 2 is 1.73 bits per heavy atom. The molecule has 0 saturated carbocycles. The molecule has 0 radical (unpaired) electrons. The number of fused-ring (bicyclic) bond motifs is 1. The van der Waals surface area contributed by atoms with E-state index in [0.29, 0.717) is 33.1 Å². The standard InChI is InChI=1S/C36H31N3O4S2/c1-2-3-22-43-28-19-17-26(18-20-28)32-31(30(40)21-16-24-10-5-4-6-11-24)33(41)34(42)39(32)35-37-38-36(45-35)44-23-27-14-9-13-25-12-7-8-15-29(25)27/h4-21,32,41H,2-3,22-23H2,1H3/b21-16+. The molecule has 0 bridgehead atoms. The number of hydrogen-bond donors (Lipinski definition) is 1. The van der Waals surface area contributed by atoms with E-state index in [9.17, 15) is 14.7 Å². The number of rotatable bonds is 12. The molecule has 1 N–H and O–H groups in total. The normalized spacial score (nSPS) is 15.0. The lowest BCUT2D eigenvalue weighted by atomic mass is 9.95. The van der Waals surface area contributed by atoms with Crippen LogP contribution >= 0.6 is 23.1 Å². The number of aliphatic hydroxyl groups excluding tert-OH is 1. The molecule has 4 aromatic carbocycles. The highest BCUT2D eigenvalue weighted by molar-refractivity contribution is 8.00. The van der Waals surface area contributed by atoms with Gasteiger partial charge in [0.1, 0.15) is 5.75 Å². The fourth-order valence-corrected chi connectivity index (χ4v) is 7.06. The quantitative estimate of drug-likeness (QED) is 0.0639. The van der Waals surface area contributed by atoms with Crippen molar-refractivity contribution in [1.29, 1.82) is 0 Å². The molecule has 0 saturated heterocycles. The van der Waals surface area contributed by atoms with Crippen molar-refractivity contribution in [1.82, 2.24) is 10.2 Å². The number of anilines is 1. The van der Waals surface area contributed by atoms with Gasteiger partial charge in [0, 0.05) is 5.75 Å². The summed E-state index contributed by atoms with van der Waals surface area (Å²) in [6.07, 6.45) is 5.02. The number of amides is 1. The number of aromatic nitrogens is 2. The molecule has 1 aliphatic rings. The first-order valence-electron chi connectivity index (χ1n) is 14.7. The average molecular weight is 634 g/mol. The molecular formula is C36H31N3O4S2. The van der Waals surface area contributed by atoms with Crippen LogP contribution in [0, 0.1) is 0 Å². The lowest BCUT2D eigenvalue weighted by Crippen LogP contribution is -2.30. The van der Waals surface area contributed by atoms with E-state index in [1.54, 1.807) is 6.08 Å². The SMILES string of the molecule is CCCCOc1ccc(C2C(C(=O)/C=C/c3ccccc3)=C(O)C(=O)N2c2nnc(SCc3cccc4ccccc34)s2)cc1. The predicted molar refractivity (Wildman–Crippen MR) is 181 cm³/mol. The maximum Gasteiger partial charge on any atom is 0.296 e. The third kappa shape index (κ3) is 6.69. The summed E-state index contributed by atoms with van der Waals surface area (Å²) in [7, 11) is 0. The second kappa shape index (κ2) is 13.9. The van der Waals surface area contributed by atoms with Crippen molar-refractivity contribution in [3.8, 4) is 5.75 Å². The maximum atomic E-state index is 13.6. The van der Waals surface area contributed by atoms with Crippen LogP contribution in [-0.4, -0.2) is 33.6 Å². The largest absolute Gasteiger partial charge is 0.503 e. The summed E-state index contributed by atoms with van der Waals surface area (Å²) in [5.74, 6) is -0.385. The van der Waals surface area contributed by atoms with Gasteiger partial charge >= 0.3 is 0 Å². The molecule has 1 atom stereocenters. The lowest BCUT2D eigenvalue weighted by Gasteiger charge is -2.24. The molecule has 7 nitrogen and oxygen atoms in total. The van der Waals surface area contributed by atoms with Gasteiger partial charge in [0.15, 0.2) is 15.9 Å². The Hall–Kier alpha value is -4.73. The predicted octanol–water partition coefficient (Wildman–Crippen LogP) is 8.35. The Morgan fingerprint density at radius 3 is 2.53 bits per heavy atom. The minimum absolute atomic E-state index is 0.00742. The molecule has 9 heteroatoms. The summed E-state index contributed by atoms with van der Waals surface area (Å²) in [6, 6.07) is 30.2. The van der Waals surface area contributed by atoms with Crippen molar-refractivity contribution in [3.63, 3.8) is 0 Å². The maximum absolute atomic E-state index is 13.6. The van der Waals surface area contributed by atoms with Gasteiger partial charge in [-0.15, -0.1) is 10.2 Å². The molecule has 1 aliphatic heterocycles. The molecule has 6 rings (SSSR count). The first-order chi connectivity index (χ1) is 22.0. The van der Waals surface area contributed by atoms with Crippen molar-refractivity contribution in [2.24, 2.45) is 0 Å². The number of thioether (sulfide) groups is 1. The molecule has 0 fully saturated rings. The van der Waals surface area contributed by atoms with Crippen LogP contribution in [0.15, 0.2) is 119 Å². The molecule has 226 valence electrons. The molecule has 1 amide bonds. The summed E-state index contributed by atoms with van der Waals surface area (Å²) in [5, 5.41) is 22.5. The summed E-state index contributed by atoms with van der Waals surface area (Å²) in [6.45, 7) is 2.70. The summed E-state index contributed by atoms with van der Waals surface area (Å²) >= 11 is 2.78. The fourth-order valence-electron chi connectivity index (χ4n) is 5.19. The molecule has 45 heavy (non-hydrogen) atoms. The molecule has 0 aliphatic carbocycles. The van der Waals surface area contributed by atoms with Crippen molar-refractivity contribution in [2.45, 2.75) is 35.9 Å². The number of ketones is 1. The van der Waals surface area contributed by atoms with E-state index < -0.39 is 23.5 Å². The number of benzene rings is 4. The topological polar surface area (TPSA) is 92.6 Å². The van der Waals surface area contributed by atoms with Crippen molar-refractivity contribution in [2.75, 3.05) is 11.5 Å². The van der Waals surface area contributed by atoms with E-state index in [2.05, 4.69) is 41.4 Å². The van der Waals surface area contributed by atoms with E-state index >= 15 is 0 Å². The third-order valence-electron chi connectivity index (χ3n) is 7.50. The van der Waals surface area contributed by atoms with Gasteiger partial charge in [-0.1, -0.05) is 127 Å². The second-order valence-electron chi connectivity index (χ2n) is 10.5. The number of hydrogen-bond acceptors (Lipinski definition) is 8. The zero-order valence-electron chi connectivity index (χ0n) is 24.6. The second-order valence-corrected chi connectivity index (χ2v) is 12.7. The van der Waals surface area contributed by atoms with Crippen LogP contribution in [0.1, 0.15) is 42.5 Å². The van der Waals surface area contributed by atoms with Gasteiger partial charge < -0.3 is 9.84 Å². The van der Waals surface area contributed by atoms with Crippen LogP contribution in [0.25, 0.3) is 16.8 Å². The highest BCUT2D eigenvalue weighted by Crippen LogP contribution is 2.43. The first kappa shape index (κ1) is 30.3. The van der Waals surface area contributed by atoms with Crippen LogP contribution in [0.5, 0.6) is 5.75 Å². The molecule has 5 aromatic rings. The van der Waals surface area contributed by atoms with Crippen LogP contribution in [0.2, 0.25) is 0 Å². The van der Waals surface area contributed by atoms with Crippen LogP contribution < -0.4 is 9.64 Å². The first-order valence-corrected chi connectivity index (χ1v) is 16.5. The molecular weight excluding hydrogens is 603 g/mol. The smallest absolute Gasteiger partial charge is 0.296 e. The Labute approximate surface area is 269 Å². The molecule has 2 heterocycles. The van der Waals surface area contributed by atoms with Gasteiger partial charge in [0.05, 0.1) is 18.2 Å². The van der Waals surface area contributed by atoms with Crippen LogP contribution in [0.4, 0.5) is 5.13 Å². The Morgan fingerprint density at radius 1 is 0.978 bits per heavy atom. The number of aliphatic hydroxyl groups is 1. The average Bonchev–Trinajstić information content (AvgIpc) is 3.65. The van der Waals surface area contributed by atoms with Gasteiger partial charge in [0.2, 0.25) is 5.13 Å². The van der Waals surface area contributed by atoms with E-state index in [4.69, 9.17) is 4.74 Å². The Kier molecular flexibility index (Phi) is 9.38. The van der Waals surface area contributed by atoms with Crippen LogP contribution in [-0.2, 0) is 15.3 Å². The zero-order valence-corrected chi connectivity index (χ0v) is 26.3. The van der Waals surface area contributed by atoms with Gasteiger partial charge in [-0.3, -0.25) is 14.5 Å². The van der Waals surface area contributed by atoms with Gasteiger partial charge in [-0.25, -0.2) is 0 Å². The molecule has 1 aromatic heterocycles. The van der Waals surface area contributed by atoms with E-state index in [0.717, 1.165) is 18.4 Å². The summed E-state index contributed by atoms with van der Waals surface area (Å²) in [5.41, 5.74) is 2.64.